The summed E-state index contributed by atoms with van der Waals surface area (Å²) in [5.74, 6) is -1.31. The Hall–Kier alpha value is -3.72. The molecule has 2 amide bonds. The zero-order valence-corrected chi connectivity index (χ0v) is 24.8. The molecular weight excluding hydrogens is 529 g/mol. The van der Waals surface area contributed by atoms with Crippen molar-refractivity contribution in [2.24, 2.45) is 0 Å². The standard InChI is InChI=1S/C31H38FN3O4S/c1-7-29(31(37)33-21(2)3)34(19-25-10-12-26(32)13-11-25)30(36)20-35(27-17-23(5)16-24(6)18-27)40(38,39)28-14-8-22(4)9-15-28/h8-18,21,29H,7,19-20H2,1-6H3,(H,33,37). The molecule has 0 aromatic heterocycles. The van der Waals surface area contributed by atoms with Gasteiger partial charge >= 0.3 is 0 Å². The maximum absolute atomic E-state index is 14.1. The molecule has 9 heteroatoms. The maximum atomic E-state index is 14.1. The van der Waals surface area contributed by atoms with E-state index in [1.165, 1.54) is 29.2 Å². The van der Waals surface area contributed by atoms with Crippen LogP contribution in [0.3, 0.4) is 0 Å². The highest BCUT2D eigenvalue weighted by Crippen LogP contribution is 2.27. The highest BCUT2D eigenvalue weighted by molar-refractivity contribution is 7.92. The van der Waals surface area contributed by atoms with Crippen molar-refractivity contribution in [1.29, 1.82) is 0 Å². The van der Waals surface area contributed by atoms with Crippen LogP contribution in [-0.2, 0) is 26.2 Å². The summed E-state index contributed by atoms with van der Waals surface area (Å²) in [5.41, 5.74) is 3.56. The van der Waals surface area contributed by atoms with Crippen molar-refractivity contribution < 1.29 is 22.4 Å². The van der Waals surface area contributed by atoms with Gasteiger partial charge in [0.25, 0.3) is 10.0 Å². The zero-order chi connectivity index (χ0) is 29.6. The highest BCUT2D eigenvalue weighted by Gasteiger charge is 2.34. The van der Waals surface area contributed by atoms with Gasteiger partial charge < -0.3 is 10.2 Å². The Kier molecular flexibility index (Phi) is 10.1. The summed E-state index contributed by atoms with van der Waals surface area (Å²) in [6, 6.07) is 16.5. The van der Waals surface area contributed by atoms with Crippen molar-refractivity contribution in [3.05, 3.63) is 94.8 Å². The number of carbonyl (C=O) groups is 2. The summed E-state index contributed by atoms with van der Waals surface area (Å²) in [6.07, 6.45) is 0.305. The van der Waals surface area contributed by atoms with Gasteiger partial charge in [-0.2, -0.15) is 0 Å². The lowest BCUT2D eigenvalue weighted by atomic mass is 10.1. The fourth-order valence-corrected chi connectivity index (χ4v) is 5.95. The van der Waals surface area contributed by atoms with Crippen LogP contribution in [0.5, 0.6) is 0 Å². The van der Waals surface area contributed by atoms with Crippen molar-refractivity contribution in [2.45, 2.75) is 71.5 Å². The molecule has 1 unspecified atom stereocenters. The Morgan fingerprint density at radius 3 is 1.98 bits per heavy atom. The van der Waals surface area contributed by atoms with E-state index in [0.29, 0.717) is 17.7 Å². The van der Waals surface area contributed by atoms with Gasteiger partial charge in [-0.15, -0.1) is 0 Å². The molecule has 0 saturated heterocycles. The van der Waals surface area contributed by atoms with Gasteiger partial charge in [0.05, 0.1) is 10.6 Å². The lowest BCUT2D eigenvalue weighted by Crippen LogP contribution is -2.53. The van der Waals surface area contributed by atoms with E-state index >= 15 is 0 Å². The van der Waals surface area contributed by atoms with Gasteiger partial charge in [0, 0.05) is 12.6 Å². The number of rotatable bonds is 11. The molecule has 0 fully saturated rings. The lowest BCUT2D eigenvalue weighted by Gasteiger charge is -2.33. The molecule has 0 aliphatic heterocycles. The Bertz CT molecular complexity index is 1420. The quantitative estimate of drug-likeness (QED) is 0.342. The third kappa shape index (κ3) is 7.69. The highest BCUT2D eigenvalue weighted by atomic mass is 32.2. The monoisotopic (exact) mass is 567 g/mol. The van der Waals surface area contributed by atoms with Crippen LogP contribution in [0.25, 0.3) is 0 Å². The van der Waals surface area contributed by atoms with Crippen LogP contribution in [0.1, 0.15) is 49.4 Å². The number of nitrogens with one attached hydrogen (secondary N) is 1. The van der Waals surface area contributed by atoms with Crippen LogP contribution in [0.4, 0.5) is 10.1 Å². The Labute approximate surface area is 237 Å². The smallest absolute Gasteiger partial charge is 0.264 e. The second-order valence-corrected chi connectivity index (χ2v) is 12.3. The number of sulfonamides is 1. The van der Waals surface area contributed by atoms with Crippen LogP contribution < -0.4 is 9.62 Å². The van der Waals surface area contributed by atoms with Gasteiger partial charge in [0.15, 0.2) is 0 Å². The van der Waals surface area contributed by atoms with E-state index in [9.17, 15) is 22.4 Å². The molecule has 214 valence electrons. The van der Waals surface area contributed by atoms with Crippen molar-refractivity contribution in [3.8, 4) is 0 Å². The maximum Gasteiger partial charge on any atom is 0.264 e. The van der Waals surface area contributed by atoms with Gasteiger partial charge in [-0.25, -0.2) is 12.8 Å². The predicted molar refractivity (Wildman–Crippen MR) is 156 cm³/mol. The first-order chi connectivity index (χ1) is 18.8. The number of anilines is 1. The zero-order valence-electron chi connectivity index (χ0n) is 23.9. The molecule has 0 spiro atoms. The van der Waals surface area contributed by atoms with Gasteiger partial charge in [0.1, 0.15) is 18.4 Å². The summed E-state index contributed by atoms with van der Waals surface area (Å²) < 4.78 is 42.7. The molecule has 3 aromatic rings. The molecule has 0 aliphatic carbocycles. The third-order valence-electron chi connectivity index (χ3n) is 6.47. The van der Waals surface area contributed by atoms with E-state index in [2.05, 4.69) is 5.32 Å². The first kappa shape index (κ1) is 30.8. The summed E-state index contributed by atoms with van der Waals surface area (Å²) >= 11 is 0. The van der Waals surface area contributed by atoms with E-state index in [1.54, 1.807) is 43.3 Å². The number of halogens is 1. The molecule has 1 atom stereocenters. The van der Waals surface area contributed by atoms with Crippen LogP contribution in [0.2, 0.25) is 0 Å². The van der Waals surface area contributed by atoms with Crippen molar-refractivity contribution in [3.63, 3.8) is 0 Å². The predicted octanol–water partition coefficient (Wildman–Crippen LogP) is 5.28. The first-order valence-electron chi connectivity index (χ1n) is 13.3. The topological polar surface area (TPSA) is 86.8 Å². The number of nitrogens with zero attached hydrogens (tertiary/aromatic N) is 2. The van der Waals surface area contributed by atoms with Crippen molar-refractivity contribution in [1.82, 2.24) is 10.2 Å². The Morgan fingerprint density at radius 2 is 1.45 bits per heavy atom. The SMILES string of the molecule is CCC(C(=O)NC(C)C)N(Cc1ccc(F)cc1)C(=O)CN(c1cc(C)cc(C)c1)S(=O)(=O)c1ccc(C)cc1. The molecule has 3 aromatic carbocycles. The van der Waals surface area contributed by atoms with E-state index in [0.717, 1.165) is 21.0 Å². The van der Waals surface area contributed by atoms with E-state index < -0.39 is 34.3 Å². The first-order valence-corrected chi connectivity index (χ1v) is 14.8. The van der Waals surface area contributed by atoms with Gasteiger partial charge in [0.2, 0.25) is 11.8 Å². The van der Waals surface area contributed by atoms with Gasteiger partial charge in [-0.05, 0) is 94.1 Å². The van der Waals surface area contributed by atoms with Gasteiger partial charge in [-0.3, -0.25) is 13.9 Å². The molecular formula is C31H38FN3O4S. The van der Waals surface area contributed by atoms with Crippen LogP contribution >= 0.6 is 0 Å². The van der Waals surface area contributed by atoms with E-state index in [4.69, 9.17) is 0 Å². The largest absolute Gasteiger partial charge is 0.352 e. The molecule has 0 heterocycles. The third-order valence-corrected chi connectivity index (χ3v) is 8.25. The summed E-state index contributed by atoms with van der Waals surface area (Å²) in [6.45, 7) is 10.5. The lowest BCUT2D eigenvalue weighted by molar-refractivity contribution is -0.140. The molecule has 0 bridgehead atoms. The minimum atomic E-state index is -4.15. The van der Waals surface area contributed by atoms with E-state index in [1.807, 2.05) is 40.7 Å². The van der Waals surface area contributed by atoms with Crippen LogP contribution in [0, 0.1) is 26.6 Å². The molecule has 0 saturated carbocycles. The molecule has 0 aliphatic rings. The van der Waals surface area contributed by atoms with Crippen molar-refractivity contribution in [2.75, 3.05) is 10.8 Å². The van der Waals surface area contributed by atoms with Gasteiger partial charge in [-0.1, -0.05) is 42.8 Å². The minimum Gasteiger partial charge on any atom is -0.352 e. The summed E-state index contributed by atoms with van der Waals surface area (Å²) in [7, 11) is -4.15. The average Bonchev–Trinajstić information content (AvgIpc) is 2.87. The normalized spacial score (nSPS) is 12.2. The number of carbonyl (C=O) groups excluding carboxylic acids is 2. The summed E-state index contributed by atoms with van der Waals surface area (Å²) in [4.78, 5) is 28.7. The number of hydrogen-bond acceptors (Lipinski definition) is 4. The molecule has 3 rings (SSSR count). The minimum absolute atomic E-state index is 0.00833. The fraction of sp³-hybridized carbons (Fsp3) is 0.355. The molecule has 40 heavy (non-hydrogen) atoms. The average molecular weight is 568 g/mol. The molecule has 0 radical (unpaired) electrons. The second-order valence-electron chi connectivity index (χ2n) is 10.4. The van der Waals surface area contributed by atoms with Crippen molar-refractivity contribution >= 4 is 27.5 Å². The Balaban J connectivity index is 2.09. The van der Waals surface area contributed by atoms with Crippen LogP contribution in [0.15, 0.2) is 71.6 Å². The summed E-state index contributed by atoms with van der Waals surface area (Å²) in [5, 5.41) is 2.86. The molecule has 1 N–H and O–H groups in total. The number of benzene rings is 3. The number of hydrogen-bond donors (Lipinski definition) is 1. The number of amides is 2. The van der Waals surface area contributed by atoms with E-state index in [-0.39, 0.29) is 23.4 Å². The Morgan fingerprint density at radius 1 is 0.875 bits per heavy atom. The second kappa shape index (κ2) is 13.1. The van der Waals surface area contributed by atoms with Crippen LogP contribution in [-0.4, -0.2) is 43.8 Å². The molecule has 7 nitrogen and oxygen atoms in total. The number of aryl methyl sites for hydroxylation is 3. The fourth-order valence-electron chi connectivity index (χ4n) is 4.55.